The van der Waals surface area contributed by atoms with Gasteiger partial charge < -0.3 is 5.32 Å². The summed E-state index contributed by atoms with van der Waals surface area (Å²) >= 11 is 1.47. The minimum absolute atomic E-state index is 0.0710. The van der Waals surface area contributed by atoms with E-state index in [1.807, 2.05) is 37.3 Å². The Kier molecular flexibility index (Phi) is 4.96. The minimum Gasteiger partial charge on any atom is -0.301 e. The molecule has 3 aromatic rings. The van der Waals surface area contributed by atoms with E-state index in [0.29, 0.717) is 11.7 Å². The van der Waals surface area contributed by atoms with Crippen LogP contribution < -0.4 is 5.32 Å². The summed E-state index contributed by atoms with van der Waals surface area (Å²) in [5.41, 5.74) is 2.76. The number of amides is 1. The van der Waals surface area contributed by atoms with Crippen LogP contribution in [0.25, 0.3) is 15.8 Å². The molecule has 0 unspecified atom stereocenters. The maximum absolute atomic E-state index is 13.4. The summed E-state index contributed by atoms with van der Waals surface area (Å²) in [6, 6.07) is 9.04. The molecule has 1 amide bonds. The zero-order valence-electron chi connectivity index (χ0n) is 14.9. The third kappa shape index (κ3) is 3.89. The number of fused-ring (bicyclic) bond motifs is 1. The lowest BCUT2D eigenvalue weighted by Crippen LogP contribution is -2.44. The molecule has 1 aromatic carbocycles. The molecule has 0 fully saturated rings. The molecular formula is C20H19FN4OS. The van der Waals surface area contributed by atoms with E-state index in [9.17, 15) is 9.18 Å². The number of halogens is 1. The number of carbonyl (C=O) groups is 1. The molecule has 1 aliphatic rings. The fraction of sp³-hybridized carbons (Fsp3) is 0.250. The van der Waals surface area contributed by atoms with Crippen LogP contribution in [0.4, 0.5) is 9.52 Å². The van der Waals surface area contributed by atoms with E-state index in [-0.39, 0.29) is 17.8 Å². The molecule has 1 N–H and O–H groups in total. The quantitative estimate of drug-likeness (QED) is 0.742. The van der Waals surface area contributed by atoms with Gasteiger partial charge in [0.05, 0.1) is 22.5 Å². The van der Waals surface area contributed by atoms with Crippen molar-refractivity contribution in [3.63, 3.8) is 0 Å². The zero-order chi connectivity index (χ0) is 18.8. The lowest BCUT2D eigenvalue weighted by molar-refractivity contribution is -0.120. The first-order valence-electron chi connectivity index (χ1n) is 8.80. The summed E-state index contributed by atoms with van der Waals surface area (Å²) in [6.07, 6.45) is 5.67. The number of thiazole rings is 1. The highest BCUT2D eigenvalue weighted by Crippen LogP contribution is 2.26. The van der Waals surface area contributed by atoms with E-state index in [1.165, 1.54) is 23.6 Å². The second-order valence-corrected chi connectivity index (χ2v) is 7.55. The Balaban J connectivity index is 1.41. The number of para-hydroxylation sites is 1. The van der Waals surface area contributed by atoms with Gasteiger partial charge in [-0.05, 0) is 42.7 Å². The fourth-order valence-corrected chi connectivity index (χ4v) is 4.06. The molecule has 2 aromatic heterocycles. The van der Waals surface area contributed by atoms with Crippen LogP contribution >= 0.6 is 11.3 Å². The van der Waals surface area contributed by atoms with Crippen molar-refractivity contribution in [1.29, 1.82) is 0 Å². The highest BCUT2D eigenvalue weighted by molar-refractivity contribution is 7.22. The largest absolute Gasteiger partial charge is 0.301 e. The lowest BCUT2D eigenvalue weighted by Gasteiger charge is -2.30. The van der Waals surface area contributed by atoms with Gasteiger partial charge in [0.25, 0.3) is 0 Å². The number of nitrogens with one attached hydrogen (secondary N) is 1. The molecule has 1 aliphatic heterocycles. The zero-order valence-corrected chi connectivity index (χ0v) is 15.7. The van der Waals surface area contributed by atoms with E-state index >= 15 is 0 Å². The molecule has 1 atom stereocenters. The number of nitrogens with zero attached hydrogens (tertiary/aromatic N) is 3. The van der Waals surface area contributed by atoms with Crippen molar-refractivity contribution in [3.05, 3.63) is 60.2 Å². The number of hydrogen-bond acceptors (Lipinski definition) is 5. The highest BCUT2D eigenvalue weighted by Gasteiger charge is 2.24. The van der Waals surface area contributed by atoms with Gasteiger partial charge in [-0.1, -0.05) is 29.5 Å². The standard InChI is InChI=1S/C20H19FN4OS/c1-13(19(26)24-20-23-17-4-2-3-5-18(17)27-20)25-8-6-14(7-9-25)15-10-16(21)12-22-11-15/h2-6,10-13H,7-9H2,1H3,(H,23,24,26)/t13-/m0/s1. The predicted octanol–water partition coefficient (Wildman–Crippen LogP) is 3.95. The van der Waals surface area contributed by atoms with Crippen LogP contribution in [0.15, 0.2) is 48.8 Å². The first kappa shape index (κ1) is 17.8. The molecule has 4 rings (SSSR count). The number of hydrogen-bond donors (Lipinski definition) is 1. The van der Waals surface area contributed by atoms with E-state index < -0.39 is 0 Å². The molecule has 0 saturated heterocycles. The van der Waals surface area contributed by atoms with Crippen molar-refractivity contribution in [2.45, 2.75) is 19.4 Å². The first-order valence-corrected chi connectivity index (χ1v) is 9.62. The normalized spacial score (nSPS) is 16.1. The Morgan fingerprint density at radius 1 is 1.33 bits per heavy atom. The monoisotopic (exact) mass is 382 g/mol. The smallest absolute Gasteiger partial charge is 0.243 e. The van der Waals surface area contributed by atoms with E-state index in [0.717, 1.165) is 34.3 Å². The molecule has 3 heterocycles. The number of aromatic nitrogens is 2. The number of pyridine rings is 1. The van der Waals surface area contributed by atoms with E-state index in [1.54, 1.807) is 6.20 Å². The summed E-state index contributed by atoms with van der Waals surface area (Å²) in [6.45, 7) is 3.27. The summed E-state index contributed by atoms with van der Waals surface area (Å²) in [7, 11) is 0. The van der Waals surface area contributed by atoms with Crippen LogP contribution in [-0.4, -0.2) is 39.9 Å². The van der Waals surface area contributed by atoms with Crippen LogP contribution in [0.5, 0.6) is 0 Å². The van der Waals surface area contributed by atoms with Gasteiger partial charge in [0.15, 0.2) is 5.13 Å². The average Bonchev–Trinajstić information content (AvgIpc) is 3.09. The molecule has 27 heavy (non-hydrogen) atoms. The highest BCUT2D eigenvalue weighted by atomic mass is 32.1. The SMILES string of the molecule is C[C@@H](C(=O)Nc1nc2ccccc2s1)N1CC=C(c2cncc(F)c2)CC1. The second-order valence-electron chi connectivity index (χ2n) is 6.52. The maximum atomic E-state index is 13.4. The van der Waals surface area contributed by atoms with Crippen LogP contribution in [0.2, 0.25) is 0 Å². The molecule has 0 saturated carbocycles. The Morgan fingerprint density at radius 3 is 2.93 bits per heavy atom. The van der Waals surface area contributed by atoms with Crippen LogP contribution in [-0.2, 0) is 4.79 Å². The van der Waals surface area contributed by atoms with Crippen molar-refractivity contribution < 1.29 is 9.18 Å². The Hall–Kier alpha value is -2.64. The number of rotatable bonds is 4. The molecule has 138 valence electrons. The maximum Gasteiger partial charge on any atom is 0.243 e. The average molecular weight is 382 g/mol. The second kappa shape index (κ2) is 7.54. The van der Waals surface area contributed by atoms with Crippen molar-refractivity contribution in [2.24, 2.45) is 0 Å². The summed E-state index contributed by atoms with van der Waals surface area (Å²) in [5, 5.41) is 3.54. The molecule has 7 heteroatoms. The topological polar surface area (TPSA) is 58.1 Å². The fourth-order valence-electron chi connectivity index (χ4n) is 3.19. The summed E-state index contributed by atoms with van der Waals surface area (Å²) in [5.74, 6) is -0.405. The number of carbonyl (C=O) groups excluding carboxylic acids is 1. The summed E-state index contributed by atoms with van der Waals surface area (Å²) in [4.78, 5) is 23.1. The van der Waals surface area contributed by atoms with Gasteiger partial charge in [-0.2, -0.15) is 0 Å². The predicted molar refractivity (Wildman–Crippen MR) is 106 cm³/mol. The van der Waals surface area contributed by atoms with Gasteiger partial charge in [0.2, 0.25) is 5.91 Å². The minimum atomic E-state index is -0.334. The molecular weight excluding hydrogens is 363 g/mol. The number of anilines is 1. The Bertz CT molecular complexity index is 983. The van der Waals surface area contributed by atoms with Gasteiger partial charge in [0.1, 0.15) is 5.82 Å². The van der Waals surface area contributed by atoms with Gasteiger partial charge in [-0.15, -0.1) is 0 Å². The van der Waals surface area contributed by atoms with Crippen LogP contribution in [0, 0.1) is 5.82 Å². The van der Waals surface area contributed by atoms with E-state index in [4.69, 9.17) is 0 Å². The van der Waals surface area contributed by atoms with Gasteiger partial charge >= 0.3 is 0 Å². The third-order valence-corrected chi connectivity index (χ3v) is 5.72. The Labute approximate surface area is 160 Å². The molecule has 0 spiro atoms. The summed E-state index contributed by atoms with van der Waals surface area (Å²) < 4.78 is 14.4. The van der Waals surface area contributed by atoms with E-state index in [2.05, 4.69) is 20.2 Å². The lowest BCUT2D eigenvalue weighted by atomic mass is 10.00. The van der Waals surface area contributed by atoms with Crippen molar-refractivity contribution in [2.75, 3.05) is 18.4 Å². The molecule has 0 radical (unpaired) electrons. The molecule has 5 nitrogen and oxygen atoms in total. The third-order valence-electron chi connectivity index (χ3n) is 4.77. The first-order chi connectivity index (χ1) is 13.1. The van der Waals surface area contributed by atoms with Gasteiger partial charge in [-0.25, -0.2) is 9.37 Å². The molecule has 0 bridgehead atoms. The van der Waals surface area contributed by atoms with Crippen LogP contribution in [0.3, 0.4) is 0 Å². The van der Waals surface area contributed by atoms with Crippen molar-refractivity contribution in [3.8, 4) is 0 Å². The number of benzene rings is 1. The van der Waals surface area contributed by atoms with Crippen molar-refractivity contribution in [1.82, 2.24) is 14.9 Å². The Morgan fingerprint density at radius 2 is 2.19 bits per heavy atom. The van der Waals surface area contributed by atoms with Gasteiger partial charge in [0, 0.05) is 19.3 Å². The van der Waals surface area contributed by atoms with Gasteiger partial charge in [-0.3, -0.25) is 14.7 Å². The van der Waals surface area contributed by atoms with Crippen LogP contribution in [0.1, 0.15) is 18.9 Å². The van der Waals surface area contributed by atoms with Crippen molar-refractivity contribution >= 4 is 38.2 Å². The molecule has 0 aliphatic carbocycles.